The smallest absolute Gasteiger partial charge is 0.412 e. The molecule has 0 saturated carbocycles. The van der Waals surface area contributed by atoms with E-state index in [2.05, 4.69) is 21.2 Å². The maximum Gasteiger partial charge on any atom is 0.412 e. The Bertz CT molecular complexity index is 958. The number of hydrogen-bond donors (Lipinski definition) is 3. The van der Waals surface area contributed by atoms with Gasteiger partial charge in [0.05, 0.1) is 0 Å². The number of carbonyl (C=O) groups is 1. The predicted molar refractivity (Wildman–Crippen MR) is 113 cm³/mol. The third-order valence-electron chi connectivity index (χ3n) is 4.67. The van der Waals surface area contributed by atoms with E-state index < -0.39 is 12.2 Å². The minimum absolute atomic E-state index is 0.00856. The SMILES string of the molecule is C[C@H](CCO)[C@@H](OC(=O)Nc1ccc(Br)cc1)c1ccc(O)c2ccccc12. The van der Waals surface area contributed by atoms with Crippen molar-refractivity contribution in [3.63, 3.8) is 0 Å². The van der Waals surface area contributed by atoms with Crippen molar-refractivity contribution >= 4 is 38.5 Å². The molecule has 146 valence electrons. The van der Waals surface area contributed by atoms with Gasteiger partial charge >= 0.3 is 6.09 Å². The highest BCUT2D eigenvalue weighted by Crippen LogP contribution is 2.36. The van der Waals surface area contributed by atoms with E-state index in [9.17, 15) is 15.0 Å². The summed E-state index contributed by atoms with van der Waals surface area (Å²) in [4.78, 5) is 12.5. The molecule has 0 aliphatic heterocycles. The van der Waals surface area contributed by atoms with Gasteiger partial charge in [0.1, 0.15) is 11.9 Å². The fraction of sp³-hybridized carbons (Fsp3) is 0.227. The molecule has 3 aromatic carbocycles. The van der Waals surface area contributed by atoms with E-state index in [1.807, 2.05) is 43.3 Å². The van der Waals surface area contributed by atoms with Crippen molar-refractivity contribution in [3.8, 4) is 5.75 Å². The first-order valence-corrected chi connectivity index (χ1v) is 9.83. The lowest BCUT2D eigenvalue weighted by atomic mass is 9.91. The second kappa shape index (κ2) is 9.08. The van der Waals surface area contributed by atoms with Gasteiger partial charge in [-0.3, -0.25) is 5.32 Å². The third kappa shape index (κ3) is 4.64. The number of halogens is 1. The molecule has 0 fully saturated rings. The quantitative estimate of drug-likeness (QED) is 0.462. The van der Waals surface area contributed by atoms with Gasteiger partial charge in [-0.25, -0.2) is 4.79 Å². The maximum atomic E-state index is 12.5. The first-order chi connectivity index (χ1) is 13.5. The van der Waals surface area contributed by atoms with E-state index in [1.54, 1.807) is 24.3 Å². The average Bonchev–Trinajstić information content (AvgIpc) is 2.69. The Kier molecular flexibility index (Phi) is 6.54. The van der Waals surface area contributed by atoms with Crippen molar-refractivity contribution in [2.45, 2.75) is 19.4 Å². The average molecular weight is 444 g/mol. The van der Waals surface area contributed by atoms with Gasteiger partial charge in [0.25, 0.3) is 0 Å². The molecule has 0 spiro atoms. The molecule has 1 amide bonds. The fourth-order valence-electron chi connectivity index (χ4n) is 3.19. The van der Waals surface area contributed by atoms with Gasteiger partial charge in [-0.05, 0) is 48.1 Å². The summed E-state index contributed by atoms with van der Waals surface area (Å²) in [5, 5.41) is 23.8. The van der Waals surface area contributed by atoms with Crippen LogP contribution in [0.1, 0.15) is 25.0 Å². The first-order valence-electron chi connectivity index (χ1n) is 9.04. The number of rotatable bonds is 6. The summed E-state index contributed by atoms with van der Waals surface area (Å²) in [6.07, 6.45) is -0.673. The maximum absolute atomic E-state index is 12.5. The van der Waals surface area contributed by atoms with Crippen molar-refractivity contribution in [2.75, 3.05) is 11.9 Å². The predicted octanol–water partition coefficient (Wildman–Crippen LogP) is 5.62. The van der Waals surface area contributed by atoms with Crippen LogP contribution in [0.5, 0.6) is 5.75 Å². The Morgan fingerprint density at radius 3 is 2.43 bits per heavy atom. The molecular formula is C22H22BrNO4. The minimum Gasteiger partial charge on any atom is -0.507 e. The summed E-state index contributed by atoms with van der Waals surface area (Å²) < 4.78 is 6.69. The van der Waals surface area contributed by atoms with E-state index in [0.717, 1.165) is 15.4 Å². The molecule has 5 nitrogen and oxygen atoms in total. The Balaban J connectivity index is 1.90. The van der Waals surface area contributed by atoms with Gasteiger partial charge in [-0.15, -0.1) is 0 Å². The summed E-state index contributed by atoms with van der Waals surface area (Å²) in [5.41, 5.74) is 1.41. The zero-order valence-corrected chi connectivity index (χ0v) is 17.0. The second-order valence-electron chi connectivity index (χ2n) is 6.67. The van der Waals surface area contributed by atoms with Gasteiger partial charge in [0, 0.05) is 27.7 Å². The van der Waals surface area contributed by atoms with Crippen LogP contribution in [0.15, 0.2) is 65.1 Å². The molecular weight excluding hydrogens is 422 g/mol. The van der Waals surface area contributed by atoms with Gasteiger partial charge in [-0.2, -0.15) is 0 Å². The molecule has 0 aliphatic rings. The lowest BCUT2D eigenvalue weighted by Crippen LogP contribution is -2.22. The molecule has 3 rings (SSSR count). The molecule has 0 radical (unpaired) electrons. The summed E-state index contributed by atoms with van der Waals surface area (Å²) in [6.45, 7) is 1.92. The summed E-state index contributed by atoms with van der Waals surface area (Å²) in [7, 11) is 0. The van der Waals surface area contributed by atoms with Crippen molar-refractivity contribution < 1.29 is 19.7 Å². The van der Waals surface area contributed by atoms with E-state index in [1.165, 1.54) is 0 Å². The highest BCUT2D eigenvalue weighted by Gasteiger charge is 2.26. The summed E-state index contributed by atoms with van der Waals surface area (Å²) in [6, 6.07) is 18.0. The number of aliphatic hydroxyl groups excluding tert-OH is 1. The fourth-order valence-corrected chi connectivity index (χ4v) is 3.46. The van der Waals surface area contributed by atoms with E-state index in [0.29, 0.717) is 17.5 Å². The number of amides is 1. The van der Waals surface area contributed by atoms with Gasteiger partial charge in [-0.1, -0.05) is 53.2 Å². The van der Waals surface area contributed by atoms with Crippen LogP contribution < -0.4 is 5.32 Å². The van der Waals surface area contributed by atoms with Crippen molar-refractivity contribution in [3.05, 3.63) is 70.7 Å². The number of aliphatic hydroxyl groups is 1. The van der Waals surface area contributed by atoms with Crippen molar-refractivity contribution in [1.29, 1.82) is 0 Å². The Morgan fingerprint density at radius 2 is 1.75 bits per heavy atom. The lowest BCUT2D eigenvalue weighted by Gasteiger charge is -2.25. The number of nitrogens with one attached hydrogen (secondary N) is 1. The zero-order chi connectivity index (χ0) is 20.1. The zero-order valence-electron chi connectivity index (χ0n) is 15.4. The minimum atomic E-state index is -0.576. The van der Waals surface area contributed by atoms with Crippen LogP contribution in [0, 0.1) is 5.92 Å². The largest absolute Gasteiger partial charge is 0.507 e. The molecule has 3 N–H and O–H groups in total. The van der Waals surface area contributed by atoms with E-state index >= 15 is 0 Å². The normalized spacial score (nSPS) is 13.1. The molecule has 6 heteroatoms. The van der Waals surface area contributed by atoms with Crippen LogP contribution in [0.3, 0.4) is 0 Å². The van der Waals surface area contributed by atoms with Crippen LogP contribution in [0.4, 0.5) is 10.5 Å². The number of carbonyl (C=O) groups excluding carboxylic acids is 1. The summed E-state index contributed by atoms with van der Waals surface area (Å²) >= 11 is 3.36. The molecule has 0 bridgehead atoms. The van der Waals surface area contributed by atoms with Crippen LogP contribution in [0.25, 0.3) is 10.8 Å². The second-order valence-corrected chi connectivity index (χ2v) is 7.58. The number of ether oxygens (including phenoxy) is 1. The van der Waals surface area contributed by atoms with Crippen LogP contribution in [-0.4, -0.2) is 22.9 Å². The Hall–Kier alpha value is -2.57. The molecule has 0 aliphatic carbocycles. The van der Waals surface area contributed by atoms with Crippen LogP contribution in [0.2, 0.25) is 0 Å². The first kappa shape index (κ1) is 20.2. The Labute approximate surface area is 172 Å². The molecule has 0 saturated heterocycles. The van der Waals surface area contributed by atoms with Crippen molar-refractivity contribution in [2.24, 2.45) is 5.92 Å². The van der Waals surface area contributed by atoms with Gasteiger partial charge < -0.3 is 14.9 Å². The molecule has 2 atom stereocenters. The van der Waals surface area contributed by atoms with E-state index in [4.69, 9.17) is 4.74 Å². The molecule has 3 aromatic rings. The number of phenols is 1. The van der Waals surface area contributed by atoms with Gasteiger partial charge in [0.2, 0.25) is 0 Å². The number of fused-ring (bicyclic) bond motifs is 1. The van der Waals surface area contributed by atoms with Crippen LogP contribution in [-0.2, 0) is 4.74 Å². The standard InChI is InChI=1S/C22H22BrNO4/c1-14(12-13-25)21(28-22(27)24-16-8-6-15(23)7-9-16)19-10-11-20(26)18-5-3-2-4-17(18)19/h2-11,14,21,25-26H,12-13H2,1H3,(H,24,27)/t14-,21-/m1/s1. The molecule has 0 unspecified atom stereocenters. The highest BCUT2D eigenvalue weighted by molar-refractivity contribution is 9.10. The lowest BCUT2D eigenvalue weighted by molar-refractivity contribution is 0.0676. The molecule has 0 aromatic heterocycles. The Morgan fingerprint density at radius 1 is 1.07 bits per heavy atom. The van der Waals surface area contributed by atoms with E-state index in [-0.39, 0.29) is 18.3 Å². The third-order valence-corrected chi connectivity index (χ3v) is 5.20. The number of hydrogen-bond acceptors (Lipinski definition) is 4. The number of anilines is 1. The number of aromatic hydroxyl groups is 1. The number of phenolic OH excluding ortho intramolecular Hbond substituents is 1. The highest BCUT2D eigenvalue weighted by atomic mass is 79.9. The topological polar surface area (TPSA) is 78.8 Å². The summed E-state index contributed by atoms with van der Waals surface area (Å²) in [5.74, 6) is 0.0563. The monoisotopic (exact) mass is 443 g/mol. The van der Waals surface area contributed by atoms with Crippen molar-refractivity contribution in [1.82, 2.24) is 0 Å². The number of benzene rings is 3. The van der Waals surface area contributed by atoms with Crippen LogP contribution >= 0.6 is 15.9 Å². The molecule has 0 heterocycles. The molecule has 28 heavy (non-hydrogen) atoms. The van der Waals surface area contributed by atoms with Gasteiger partial charge in [0.15, 0.2) is 0 Å².